The number of nitrogens with two attached hydrogens (primary N) is 1. The molecular weight excluding hydrogens is 485 g/mol. The van der Waals surface area contributed by atoms with Gasteiger partial charge in [0.1, 0.15) is 12.1 Å². The Bertz CT molecular complexity index is 988. The Morgan fingerprint density at radius 2 is 1.86 bits per heavy atom. The van der Waals surface area contributed by atoms with Crippen molar-refractivity contribution in [3.63, 3.8) is 0 Å². The molecule has 2 saturated heterocycles. The number of hydrogen-bond donors (Lipinski definition) is 3. The molecule has 0 aromatic heterocycles. The standard InChI is InChI=1S/C26H37Cl2N5O2/c1-26(2,3)23(30-14-21(29)16-6-7-16)25(35)33-11-4-5-22(33)24(34)31-17-10-12-32(15-17)18-8-9-19(27)20(28)13-18/h8-9,13-14,16-17,22-23,30H,4-7,10-12,15,29H2,1-3H3,(H,31,34)/b21-14-/t17?,22-,23+/m0/s1. The fraction of sp³-hybridized carbons (Fsp3) is 0.615. The van der Waals surface area contributed by atoms with Gasteiger partial charge in [-0.3, -0.25) is 9.59 Å². The molecule has 3 atom stereocenters. The lowest BCUT2D eigenvalue weighted by atomic mass is 9.85. The molecule has 3 fully saturated rings. The van der Waals surface area contributed by atoms with Gasteiger partial charge in [-0.25, -0.2) is 0 Å². The minimum absolute atomic E-state index is 0.0207. The third-order valence-corrected chi connectivity index (χ3v) is 7.96. The van der Waals surface area contributed by atoms with Crippen molar-refractivity contribution in [3.8, 4) is 0 Å². The average molecular weight is 523 g/mol. The second-order valence-electron chi connectivity index (χ2n) is 11.1. The average Bonchev–Trinajstić information content (AvgIpc) is 3.34. The molecule has 1 aromatic rings. The van der Waals surface area contributed by atoms with Crippen LogP contribution in [0.1, 0.15) is 52.9 Å². The second kappa shape index (κ2) is 10.5. The Labute approximate surface area is 218 Å². The summed E-state index contributed by atoms with van der Waals surface area (Å²) in [7, 11) is 0. The molecule has 2 heterocycles. The topological polar surface area (TPSA) is 90.7 Å². The number of likely N-dealkylation sites (tertiary alicyclic amines) is 1. The highest BCUT2D eigenvalue weighted by Gasteiger charge is 2.41. The molecule has 0 radical (unpaired) electrons. The number of nitrogens with one attached hydrogen (secondary N) is 2. The number of anilines is 1. The predicted molar refractivity (Wildman–Crippen MR) is 141 cm³/mol. The van der Waals surface area contributed by atoms with Gasteiger partial charge in [-0.05, 0) is 61.6 Å². The van der Waals surface area contributed by atoms with Gasteiger partial charge in [0.15, 0.2) is 0 Å². The first kappa shape index (κ1) is 26.0. The van der Waals surface area contributed by atoms with Crippen LogP contribution in [0.2, 0.25) is 10.0 Å². The summed E-state index contributed by atoms with van der Waals surface area (Å²) >= 11 is 12.2. The molecule has 3 aliphatic rings. The Hall–Kier alpha value is -2.12. The Kier molecular flexibility index (Phi) is 7.77. The van der Waals surface area contributed by atoms with Crippen molar-refractivity contribution in [1.29, 1.82) is 0 Å². The van der Waals surface area contributed by atoms with Crippen molar-refractivity contribution < 1.29 is 9.59 Å². The number of halogens is 2. The Morgan fingerprint density at radius 3 is 2.51 bits per heavy atom. The van der Waals surface area contributed by atoms with E-state index in [0.717, 1.165) is 43.6 Å². The molecule has 4 rings (SSSR count). The molecule has 2 amide bonds. The first-order chi connectivity index (χ1) is 16.5. The number of nitrogens with zero attached hydrogens (tertiary/aromatic N) is 2. The van der Waals surface area contributed by atoms with Gasteiger partial charge in [-0.15, -0.1) is 0 Å². The van der Waals surface area contributed by atoms with Crippen LogP contribution in [0.4, 0.5) is 5.69 Å². The Morgan fingerprint density at radius 1 is 1.11 bits per heavy atom. The fourth-order valence-corrected chi connectivity index (χ4v) is 5.26. The van der Waals surface area contributed by atoms with E-state index in [9.17, 15) is 9.59 Å². The predicted octanol–water partition coefficient (Wildman–Crippen LogP) is 3.89. The molecule has 192 valence electrons. The molecule has 9 heteroatoms. The van der Waals surface area contributed by atoms with Crippen LogP contribution in [0, 0.1) is 11.3 Å². The molecule has 0 bridgehead atoms. The zero-order chi connectivity index (χ0) is 25.3. The van der Waals surface area contributed by atoms with Gasteiger partial charge < -0.3 is 26.2 Å². The number of carbonyl (C=O) groups is 2. The molecule has 4 N–H and O–H groups in total. The van der Waals surface area contributed by atoms with Gasteiger partial charge in [-0.1, -0.05) is 44.0 Å². The van der Waals surface area contributed by atoms with Crippen molar-refractivity contribution in [2.45, 2.75) is 71.0 Å². The third kappa shape index (κ3) is 6.18. The highest BCUT2D eigenvalue weighted by atomic mass is 35.5. The van der Waals surface area contributed by atoms with Crippen LogP contribution in [0.5, 0.6) is 0 Å². The number of rotatable bonds is 7. The number of carbonyl (C=O) groups excluding carboxylic acids is 2. The van der Waals surface area contributed by atoms with Crippen molar-refractivity contribution in [3.05, 3.63) is 40.1 Å². The lowest BCUT2D eigenvalue weighted by Crippen LogP contribution is -2.56. The van der Waals surface area contributed by atoms with Crippen LogP contribution < -0.4 is 21.3 Å². The number of allylic oxidation sites excluding steroid dienone is 1. The van der Waals surface area contributed by atoms with E-state index in [2.05, 4.69) is 15.5 Å². The van der Waals surface area contributed by atoms with Gasteiger partial charge in [0.25, 0.3) is 0 Å². The van der Waals surface area contributed by atoms with Crippen LogP contribution >= 0.6 is 23.2 Å². The van der Waals surface area contributed by atoms with Gasteiger partial charge >= 0.3 is 0 Å². The summed E-state index contributed by atoms with van der Waals surface area (Å²) in [6.45, 7) is 8.21. The first-order valence-electron chi connectivity index (χ1n) is 12.6. The smallest absolute Gasteiger partial charge is 0.246 e. The van der Waals surface area contributed by atoms with Gasteiger partial charge in [0, 0.05) is 43.3 Å². The highest BCUT2D eigenvalue weighted by Crippen LogP contribution is 2.34. The van der Waals surface area contributed by atoms with Crippen molar-refractivity contribution in [2.24, 2.45) is 17.1 Å². The van der Waals surface area contributed by atoms with Gasteiger partial charge in [0.2, 0.25) is 11.8 Å². The Balaban J connectivity index is 1.38. The maximum absolute atomic E-state index is 13.6. The molecule has 35 heavy (non-hydrogen) atoms. The molecule has 1 aliphatic carbocycles. The summed E-state index contributed by atoms with van der Waals surface area (Å²) in [6, 6.07) is 4.71. The van der Waals surface area contributed by atoms with E-state index in [1.165, 1.54) is 0 Å². The highest BCUT2D eigenvalue weighted by molar-refractivity contribution is 6.42. The molecule has 2 aliphatic heterocycles. The maximum atomic E-state index is 13.6. The molecule has 7 nitrogen and oxygen atoms in total. The fourth-order valence-electron chi connectivity index (χ4n) is 4.97. The van der Waals surface area contributed by atoms with Crippen LogP contribution in [-0.4, -0.2) is 54.5 Å². The number of benzene rings is 1. The lowest BCUT2D eigenvalue weighted by Gasteiger charge is -2.35. The third-order valence-electron chi connectivity index (χ3n) is 7.22. The van der Waals surface area contributed by atoms with Gasteiger partial charge in [0.05, 0.1) is 10.0 Å². The molecule has 0 spiro atoms. The van der Waals surface area contributed by atoms with Crippen LogP contribution in [0.3, 0.4) is 0 Å². The van der Waals surface area contributed by atoms with E-state index in [0.29, 0.717) is 35.5 Å². The van der Waals surface area contributed by atoms with E-state index in [-0.39, 0.29) is 23.3 Å². The lowest BCUT2D eigenvalue weighted by molar-refractivity contribution is -0.142. The minimum atomic E-state index is -0.454. The van der Waals surface area contributed by atoms with Crippen LogP contribution in [0.25, 0.3) is 0 Å². The monoisotopic (exact) mass is 521 g/mol. The summed E-state index contributed by atoms with van der Waals surface area (Å²) in [6.07, 6.45) is 6.35. The molecule has 1 unspecified atom stereocenters. The summed E-state index contributed by atoms with van der Waals surface area (Å²) in [5.41, 5.74) is 7.62. The SMILES string of the molecule is CC(C)(C)[C@H](N/C=C(\N)C1CC1)C(=O)N1CCC[C@H]1C(=O)NC1CCN(c2ccc(Cl)c(Cl)c2)C1. The zero-order valence-corrected chi connectivity index (χ0v) is 22.3. The molecule has 1 saturated carbocycles. The largest absolute Gasteiger partial charge is 0.401 e. The summed E-state index contributed by atoms with van der Waals surface area (Å²) in [5.74, 6) is 0.315. The van der Waals surface area contributed by atoms with Crippen LogP contribution in [-0.2, 0) is 9.59 Å². The zero-order valence-electron chi connectivity index (χ0n) is 20.8. The first-order valence-corrected chi connectivity index (χ1v) is 13.3. The normalized spacial score (nSPS) is 24.0. The minimum Gasteiger partial charge on any atom is -0.401 e. The van der Waals surface area contributed by atoms with E-state index in [4.69, 9.17) is 28.9 Å². The van der Waals surface area contributed by atoms with Crippen molar-refractivity contribution in [2.75, 3.05) is 24.5 Å². The summed E-state index contributed by atoms with van der Waals surface area (Å²) in [5, 5.41) is 7.53. The number of hydrogen-bond acceptors (Lipinski definition) is 5. The van der Waals surface area contributed by atoms with E-state index in [1.807, 2.05) is 32.9 Å². The summed E-state index contributed by atoms with van der Waals surface area (Å²) in [4.78, 5) is 30.9. The molecular formula is C26H37Cl2N5O2. The van der Waals surface area contributed by atoms with Crippen LogP contribution in [0.15, 0.2) is 30.1 Å². The summed E-state index contributed by atoms with van der Waals surface area (Å²) < 4.78 is 0. The number of amides is 2. The van der Waals surface area contributed by atoms with Crippen molar-refractivity contribution in [1.82, 2.24) is 15.5 Å². The second-order valence-corrected chi connectivity index (χ2v) is 11.9. The van der Waals surface area contributed by atoms with E-state index < -0.39 is 12.1 Å². The van der Waals surface area contributed by atoms with E-state index in [1.54, 1.807) is 17.2 Å². The van der Waals surface area contributed by atoms with Crippen molar-refractivity contribution >= 4 is 40.7 Å². The molecule has 1 aromatic carbocycles. The maximum Gasteiger partial charge on any atom is 0.246 e. The quantitative estimate of drug-likeness (QED) is 0.506. The van der Waals surface area contributed by atoms with E-state index >= 15 is 0 Å². The van der Waals surface area contributed by atoms with Gasteiger partial charge in [-0.2, -0.15) is 0 Å².